The Morgan fingerprint density at radius 1 is 1.12 bits per heavy atom. The molecule has 3 rings (SSSR count). The van der Waals surface area contributed by atoms with Gasteiger partial charge in [0.05, 0.1) is 25.1 Å². The van der Waals surface area contributed by atoms with Crippen LogP contribution in [0.2, 0.25) is 0 Å². The van der Waals surface area contributed by atoms with Gasteiger partial charge >= 0.3 is 0 Å². The van der Waals surface area contributed by atoms with Gasteiger partial charge in [-0.3, -0.25) is 4.40 Å². The maximum Gasteiger partial charge on any atom is 0.183 e. The van der Waals surface area contributed by atoms with Crippen LogP contribution in [0.1, 0.15) is 32.0 Å². The topological polar surface area (TPSA) is 71.5 Å². The summed E-state index contributed by atoms with van der Waals surface area (Å²) >= 11 is 0. The Kier molecular flexibility index (Phi) is 4.55. The number of benzene rings is 1. The van der Waals surface area contributed by atoms with E-state index >= 15 is 0 Å². The standard InChI is InChI=1S/C19H22N4O2/c1-19(2,3)16-18(22-21-14-7-9-15(25-4)10-8-14)23-11-5-6-13(12-24)17(23)20-16/h5-11,24H,12H2,1-4H3. The van der Waals surface area contributed by atoms with Crippen molar-refractivity contribution >= 4 is 17.2 Å². The lowest BCUT2D eigenvalue weighted by atomic mass is 9.92. The molecule has 0 atom stereocenters. The summed E-state index contributed by atoms with van der Waals surface area (Å²) in [5.74, 6) is 1.45. The van der Waals surface area contributed by atoms with Crippen molar-refractivity contribution in [3.05, 3.63) is 53.9 Å². The van der Waals surface area contributed by atoms with Crippen LogP contribution in [-0.4, -0.2) is 21.6 Å². The second kappa shape index (κ2) is 6.64. The Labute approximate surface area is 146 Å². The second-order valence-corrected chi connectivity index (χ2v) is 6.82. The van der Waals surface area contributed by atoms with Crippen LogP contribution in [0.15, 0.2) is 52.8 Å². The normalized spacial score (nSPS) is 12.2. The molecule has 0 aliphatic rings. The smallest absolute Gasteiger partial charge is 0.183 e. The molecule has 0 bridgehead atoms. The van der Waals surface area contributed by atoms with Crippen molar-refractivity contribution in [2.45, 2.75) is 32.8 Å². The lowest BCUT2D eigenvalue weighted by molar-refractivity contribution is 0.282. The lowest BCUT2D eigenvalue weighted by Gasteiger charge is -2.15. The molecule has 0 saturated carbocycles. The number of azo groups is 1. The molecule has 0 aliphatic carbocycles. The van der Waals surface area contributed by atoms with E-state index in [0.29, 0.717) is 11.5 Å². The maximum absolute atomic E-state index is 9.58. The summed E-state index contributed by atoms with van der Waals surface area (Å²) in [5.41, 5.74) is 2.84. The predicted molar refractivity (Wildman–Crippen MR) is 97.0 cm³/mol. The molecule has 1 aromatic carbocycles. The number of fused-ring (bicyclic) bond motifs is 1. The first-order chi connectivity index (χ1) is 11.9. The summed E-state index contributed by atoms with van der Waals surface area (Å²) in [4.78, 5) is 4.72. The van der Waals surface area contributed by atoms with E-state index in [1.54, 1.807) is 7.11 Å². The molecule has 6 nitrogen and oxygen atoms in total. The number of hydrogen-bond donors (Lipinski definition) is 1. The fraction of sp³-hybridized carbons (Fsp3) is 0.316. The van der Waals surface area contributed by atoms with E-state index in [0.717, 1.165) is 22.7 Å². The Morgan fingerprint density at radius 3 is 2.44 bits per heavy atom. The second-order valence-electron chi connectivity index (χ2n) is 6.82. The van der Waals surface area contributed by atoms with Gasteiger partial charge in [-0.1, -0.05) is 26.8 Å². The fourth-order valence-electron chi connectivity index (χ4n) is 2.59. The molecule has 3 aromatic rings. The number of pyridine rings is 1. The van der Waals surface area contributed by atoms with Crippen molar-refractivity contribution in [1.29, 1.82) is 0 Å². The summed E-state index contributed by atoms with van der Waals surface area (Å²) in [6, 6.07) is 11.1. The van der Waals surface area contributed by atoms with Gasteiger partial charge in [-0.2, -0.15) is 0 Å². The van der Waals surface area contributed by atoms with Crippen LogP contribution in [0.4, 0.5) is 11.5 Å². The van der Waals surface area contributed by atoms with E-state index < -0.39 is 0 Å². The number of aliphatic hydroxyl groups is 1. The van der Waals surface area contributed by atoms with Gasteiger partial charge in [0.2, 0.25) is 0 Å². The van der Waals surface area contributed by atoms with E-state index in [2.05, 4.69) is 31.0 Å². The first kappa shape index (κ1) is 17.1. The quantitative estimate of drug-likeness (QED) is 0.709. The average Bonchev–Trinajstić information content (AvgIpc) is 2.99. The number of ether oxygens (including phenoxy) is 1. The number of hydrogen-bond acceptors (Lipinski definition) is 5. The molecular weight excluding hydrogens is 316 g/mol. The van der Waals surface area contributed by atoms with E-state index in [1.807, 2.05) is 47.0 Å². The van der Waals surface area contributed by atoms with E-state index in [1.165, 1.54) is 0 Å². The van der Waals surface area contributed by atoms with Crippen LogP contribution in [-0.2, 0) is 12.0 Å². The van der Waals surface area contributed by atoms with Gasteiger partial charge in [-0.15, -0.1) is 10.2 Å². The molecule has 2 heterocycles. The molecule has 0 unspecified atom stereocenters. The molecule has 130 valence electrons. The highest BCUT2D eigenvalue weighted by Crippen LogP contribution is 2.34. The summed E-state index contributed by atoms with van der Waals surface area (Å²) in [5, 5.41) is 18.4. The number of methoxy groups -OCH3 is 1. The van der Waals surface area contributed by atoms with Gasteiger partial charge in [0.25, 0.3) is 0 Å². The zero-order valence-corrected chi connectivity index (χ0v) is 14.9. The highest BCUT2D eigenvalue weighted by atomic mass is 16.5. The average molecular weight is 338 g/mol. The van der Waals surface area contributed by atoms with E-state index in [-0.39, 0.29) is 12.0 Å². The first-order valence-electron chi connectivity index (χ1n) is 8.11. The van der Waals surface area contributed by atoms with Gasteiger partial charge in [-0.25, -0.2) is 4.98 Å². The molecule has 25 heavy (non-hydrogen) atoms. The van der Waals surface area contributed by atoms with Crippen LogP contribution in [0, 0.1) is 0 Å². The number of nitrogens with zero attached hydrogens (tertiary/aromatic N) is 4. The van der Waals surface area contributed by atoms with Gasteiger partial charge in [0, 0.05) is 17.2 Å². The van der Waals surface area contributed by atoms with Crippen LogP contribution >= 0.6 is 0 Å². The van der Waals surface area contributed by atoms with E-state index in [4.69, 9.17) is 9.72 Å². The first-order valence-corrected chi connectivity index (χ1v) is 8.11. The third-order valence-electron chi connectivity index (χ3n) is 3.92. The lowest BCUT2D eigenvalue weighted by Crippen LogP contribution is -2.11. The van der Waals surface area contributed by atoms with Crippen LogP contribution in [0.3, 0.4) is 0 Å². The molecular formula is C19H22N4O2. The van der Waals surface area contributed by atoms with Crippen LogP contribution in [0.25, 0.3) is 5.65 Å². The molecule has 0 radical (unpaired) electrons. The Bertz CT molecular complexity index is 906. The molecule has 0 amide bonds. The minimum atomic E-state index is -0.201. The zero-order chi connectivity index (χ0) is 18.0. The Morgan fingerprint density at radius 2 is 1.84 bits per heavy atom. The zero-order valence-electron chi connectivity index (χ0n) is 14.9. The maximum atomic E-state index is 9.58. The van der Waals surface area contributed by atoms with Crippen molar-refractivity contribution in [1.82, 2.24) is 9.38 Å². The largest absolute Gasteiger partial charge is 0.497 e. The fourth-order valence-corrected chi connectivity index (χ4v) is 2.59. The number of aliphatic hydroxyl groups excluding tert-OH is 1. The van der Waals surface area contributed by atoms with Crippen molar-refractivity contribution in [2.24, 2.45) is 10.2 Å². The van der Waals surface area contributed by atoms with Crippen LogP contribution in [0.5, 0.6) is 5.75 Å². The summed E-state index contributed by atoms with van der Waals surface area (Å²) in [6.45, 7) is 6.18. The van der Waals surface area contributed by atoms with Crippen molar-refractivity contribution in [3.8, 4) is 5.75 Å². The van der Waals surface area contributed by atoms with Crippen molar-refractivity contribution in [2.75, 3.05) is 7.11 Å². The number of imidazole rings is 1. The predicted octanol–water partition coefficient (Wildman–Crippen LogP) is 4.55. The molecule has 6 heteroatoms. The van der Waals surface area contributed by atoms with Crippen molar-refractivity contribution in [3.63, 3.8) is 0 Å². The SMILES string of the molecule is COc1ccc(N=Nc2c(C(C)(C)C)nc3c(CO)cccn23)cc1. The minimum Gasteiger partial charge on any atom is -0.497 e. The molecule has 0 aliphatic heterocycles. The van der Waals surface area contributed by atoms with Gasteiger partial charge in [0.15, 0.2) is 5.82 Å². The molecule has 0 spiro atoms. The summed E-state index contributed by atoms with van der Waals surface area (Å²) in [7, 11) is 1.63. The highest BCUT2D eigenvalue weighted by molar-refractivity contribution is 5.58. The third-order valence-corrected chi connectivity index (χ3v) is 3.92. The molecule has 2 aromatic heterocycles. The third kappa shape index (κ3) is 3.39. The van der Waals surface area contributed by atoms with Gasteiger partial charge < -0.3 is 9.84 Å². The summed E-state index contributed by atoms with van der Waals surface area (Å²) in [6.07, 6.45) is 1.89. The number of rotatable bonds is 4. The Hall–Kier alpha value is -2.73. The monoisotopic (exact) mass is 338 g/mol. The minimum absolute atomic E-state index is 0.0694. The molecule has 0 saturated heterocycles. The highest BCUT2D eigenvalue weighted by Gasteiger charge is 2.25. The Balaban J connectivity index is 2.11. The van der Waals surface area contributed by atoms with E-state index in [9.17, 15) is 5.11 Å². The van der Waals surface area contributed by atoms with Gasteiger partial charge in [0.1, 0.15) is 11.4 Å². The van der Waals surface area contributed by atoms with Crippen molar-refractivity contribution < 1.29 is 9.84 Å². The number of aromatic nitrogens is 2. The van der Waals surface area contributed by atoms with Crippen LogP contribution < -0.4 is 4.74 Å². The molecule has 0 fully saturated rings. The summed E-state index contributed by atoms with van der Waals surface area (Å²) < 4.78 is 7.03. The van der Waals surface area contributed by atoms with Gasteiger partial charge in [-0.05, 0) is 30.3 Å². The molecule has 1 N–H and O–H groups in total.